The molecule has 144 valence electrons. The van der Waals surface area contributed by atoms with E-state index in [-0.39, 0.29) is 24.8 Å². The molecule has 3 rings (SSSR count). The van der Waals surface area contributed by atoms with Gasteiger partial charge < -0.3 is 15.3 Å². The number of carbonyl (C=O) groups excluding carboxylic acids is 2. The summed E-state index contributed by atoms with van der Waals surface area (Å²) in [5.41, 5.74) is 0.513. The first-order valence-electron chi connectivity index (χ1n) is 9.40. The normalized spacial score (nSPS) is 24.6. The van der Waals surface area contributed by atoms with Crippen LogP contribution in [-0.4, -0.2) is 62.0 Å². The summed E-state index contributed by atoms with van der Waals surface area (Å²) in [6, 6.07) is -1.22. The Morgan fingerprint density at radius 1 is 1.38 bits per heavy atom. The molecule has 1 aliphatic heterocycles. The van der Waals surface area contributed by atoms with Crippen LogP contribution in [0.25, 0.3) is 0 Å². The fourth-order valence-electron chi connectivity index (χ4n) is 3.62. The molecule has 1 aromatic heterocycles. The van der Waals surface area contributed by atoms with Gasteiger partial charge in [-0.15, -0.1) is 5.10 Å². The van der Waals surface area contributed by atoms with Crippen LogP contribution >= 0.6 is 0 Å². The molecule has 0 radical (unpaired) electrons. The number of amides is 2. The number of aliphatic hydroxyl groups is 1. The summed E-state index contributed by atoms with van der Waals surface area (Å²) in [6.45, 7) is 8.41. The van der Waals surface area contributed by atoms with Crippen molar-refractivity contribution >= 4 is 11.8 Å². The monoisotopic (exact) mass is 363 g/mol. The predicted molar refractivity (Wildman–Crippen MR) is 95.3 cm³/mol. The van der Waals surface area contributed by atoms with Gasteiger partial charge in [-0.25, -0.2) is 4.68 Å². The van der Waals surface area contributed by atoms with Gasteiger partial charge >= 0.3 is 0 Å². The van der Waals surface area contributed by atoms with E-state index >= 15 is 0 Å². The van der Waals surface area contributed by atoms with E-state index in [0.717, 1.165) is 18.5 Å². The van der Waals surface area contributed by atoms with Crippen LogP contribution < -0.4 is 5.32 Å². The Labute approximate surface area is 153 Å². The van der Waals surface area contributed by atoms with Gasteiger partial charge in [-0.1, -0.05) is 26.0 Å². The number of hydrogen-bond donors (Lipinski definition) is 2. The molecule has 1 aromatic rings. The van der Waals surface area contributed by atoms with E-state index in [1.807, 2.05) is 33.9 Å². The van der Waals surface area contributed by atoms with Crippen LogP contribution in [0.5, 0.6) is 0 Å². The summed E-state index contributed by atoms with van der Waals surface area (Å²) in [4.78, 5) is 27.3. The minimum atomic E-state index is -0.690. The summed E-state index contributed by atoms with van der Waals surface area (Å²) >= 11 is 0. The zero-order valence-corrected chi connectivity index (χ0v) is 16.0. The molecule has 1 saturated carbocycles. The molecule has 2 heterocycles. The minimum Gasteiger partial charge on any atom is -0.391 e. The maximum atomic E-state index is 13.4. The molecular weight excluding hydrogens is 334 g/mol. The van der Waals surface area contributed by atoms with Crippen molar-refractivity contribution in [2.45, 2.75) is 71.1 Å². The summed E-state index contributed by atoms with van der Waals surface area (Å²) in [6.07, 6.45) is 3.66. The average molecular weight is 363 g/mol. The zero-order chi connectivity index (χ0) is 19.1. The second-order valence-electron chi connectivity index (χ2n) is 8.46. The van der Waals surface area contributed by atoms with Crippen molar-refractivity contribution in [1.82, 2.24) is 25.2 Å². The topological polar surface area (TPSA) is 100 Å². The Morgan fingerprint density at radius 3 is 2.65 bits per heavy atom. The number of carbonyl (C=O) groups is 2. The number of aliphatic hydroxyl groups excluding tert-OH is 1. The molecule has 0 spiro atoms. The number of hydrogen-bond acceptors (Lipinski definition) is 5. The molecule has 1 saturated heterocycles. The maximum Gasteiger partial charge on any atom is 0.248 e. The number of aromatic nitrogens is 3. The molecule has 8 nitrogen and oxygen atoms in total. The number of likely N-dealkylation sites (tertiary alicyclic amines) is 1. The molecule has 26 heavy (non-hydrogen) atoms. The first kappa shape index (κ1) is 18.8. The van der Waals surface area contributed by atoms with Gasteiger partial charge in [0.2, 0.25) is 11.8 Å². The van der Waals surface area contributed by atoms with Crippen molar-refractivity contribution in [2.75, 3.05) is 13.1 Å². The molecule has 0 aromatic carbocycles. The fourth-order valence-corrected chi connectivity index (χ4v) is 3.62. The highest BCUT2D eigenvalue weighted by molar-refractivity contribution is 5.90. The van der Waals surface area contributed by atoms with Crippen molar-refractivity contribution in [3.8, 4) is 0 Å². The zero-order valence-electron chi connectivity index (χ0n) is 16.0. The highest BCUT2D eigenvalue weighted by Crippen LogP contribution is 2.40. The molecular formula is C18H29N5O3. The van der Waals surface area contributed by atoms with Gasteiger partial charge in [0.25, 0.3) is 0 Å². The number of rotatable bonds is 5. The second kappa shape index (κ2) is 6.98. The van der Waals surface area contributed by atoms with E-state index in [4.69, 9.17) is 0 Å². The summed E-state index contributed by atoms with van der Waals surface area (Å²) in [5, 5.41) is 21.3. The second-order valence-corrected chi connectivity index (χ2v) is 8.46. The van der Waals surface area contributed by atoms with Crippen molar-refractivity contribution in [3.05, 3.63) is 11.9 Å². The summed E-state index contributed by atoms with van der Waals surface area (Å²) < 4.78 is 1.63. The highest BCUT2D eigenvalue weighted by Gasteiger charge is 2.45. The van der Waals surface area contributed by atoms with Crippen molar-refractivity contribution < 1.29 is 14.7 Å². The molecule has 3 atom stereocenters. The Kier molecular flexibility index (Phi) is 5.05. The molecule has 1 aliphatic carbocycles. The number of nitrogens with one attached hydrogen (secondary N) is 1. The third kappa shape index (κ3) is 3.75. The van der Waals surface area contributed by atoms with Gasteiger partial charge in [-0.05, 0) is 25.2 Å². The Hall–Kier alpha value is -1.96. The minimum absolute atomic E-state index is 0.164. The smallest absolute Gasteiger partial charge is 0.248 e. The lowest BCUT2D eigenvalue weighted by atomic mass is 9.85. The highest BCUT2D eigenvalue weighted by atomic mass is 16.3. The third-order valence-electron chi connectivity index (χ3n) is 5.06. The third-order valence-corrected chi connectivity index (χ3v) is 5.06. The van der Waals surface area contributed by atoms with Gasteiger partial charge in [0, 0.05) is 31.6 Å². The molecule has 8 heteroatoms. The Bertz CT molecular complexity index is 677. The van der Waals surface area contributed by atoms with Crippen molar-refractivity contribution in [2.24, 2.45) is 5.41 Å². The molecule has 2 aliphatic rings. The van der Waals surface area contributed by atoms with E-state index < -0.39 is 23.6 Å². The Balaban J connectivity index is 1.87. The first-order chi connectivity index (χ1) is 12.2. The standard InChI is InChI=1S/C18H29N5O3/c1-5-19-16(25)14-8-12(24)9-22(14)17(26)15(18(2,3)4)23-10-13(20-21-23)11-6-7-11/h10-12,14-15,24H,5-9H2,1-4H3,(H,19,25)/t12-,14+,15-/m1/s1. The lowest BCUT2D eigenvalue weighted by Crippen LogP contribution is -2.50. The lowest BCUT2D eigenvalue weighted by molar-refractivity contribution is -0.144. The van der Waals surface area contributed by atoms with Gasteiger partial charge in [0.05, 0.1) is 11.8 Å². The van der Waals surface area contributed by atoms with E-state index in [1.54, 1.807) is 4.68 Å². The van der Waals surface area contributed by atoms with Crippen molar-refractivity contribution in [1.29, 1.82) is 0 Å². The molecule has 0 unspecified atom stereocenters. The largest absolute Gasteiger partial charge is 0.391 e. The van der Waals surface area contributed by atoms with E-state index in [9.17, 15) is 14.7 Å². The number of nitrogens with zero attached hydrogens (tertiary/aromatic N) is 4. The Morgan fingerprint density at radius 2 is 2.08 bits per heavy atom. The SMILES string of the molecule is CCNC(=O)[C@@H]1C[C@@H](O)CN1C(=O)[C@@H](n1cc(C2CC2)nn1)C(C)(C)C. The first-order valence-corrected chi connectivity index (χ1v) is 9.40. The van der Waals surface area contributed by atoms with Gasteiger partial charge in [-0.3, -0.25) is 9.59 Å². The van der Waals surface area contributed by atoms with E-state index in [1.165, 1.54) is 4.90 Å². The van der Waals surface area contributed by atoms with Gasteiger partial charge in [0.15, 0.2) is 0 Å². The van der Waals surface area contributed by atoms with Crippen LogP contribution in [0.15, 0.2) is 6.20 Å². The van der Waals surface area contributed by atoms with Gasteiger partial charge in [0.1, 0.15) is 12.1 Å². The quantitative estimate of drug-likeness (QED) is 0.807. The van der Waals surface area contributed by atoms with Crippen LogP contribution in [0.3, 0.4) is 0 Å². The van der Waals surface area contributed by atoms with E-state index in [2.05, 4.69) is 15.6 Å². The van der Waals surface area contributed by atoms with Crippen LogP contribution in [0, 0.1) is 5.41 Å². The van der Waals surface area contributed by atoms with E-state index in [0.29, 0.717) is 12.5 Å². The number of β-amino-alcohol motifs (C(OH)–C–C–N with tert-alkyl or cyclic N) is 1. The molecule has 0 bridgehead atoms. The predicted octanol–water partition coefficient (Wildman–Crippen LogP) is 0.841. The lowest BCUT2D eigenvalue weighted by Gasteiger charge is -2.34. The van der Waals surface area contributed by atoms with Crippen LogP contribution in [0.1, 0.15) is 64.6 Å². The summed E-state index contributed by atoms with van der Waals surface area (Å²) in [7, 11) is 0. The van der Waals surface area contributed by atoms with Gasteiger partial charge in [-0.2, -0.15) is 0 Å². The molecule has 2 fully saturated rings. The van der Waals surface area contributed by atoms with Crippen LogP contribution in [0.2, 0.25) is 0 Å². The molecule has 2 amide bonds. The van der Waals surface area contributed by atoms with Crippen LogP contribution in [0.4, 0.5) is 0 Å². The van der Waals surface area contributed by atoms with Crippen LogP contribution in [-0.2, 0) is 9.59 Å². The average Bonchev–Trinajstić information content (AvgIpc) is 3.15. The maximum absolute atomic E-state index is 13.4. The van der Waals surface area contributed by atoms with Crippen molar-refractivity contribution in [3.63, 3.8) is 0 Å². The number of likely N-dealkylation sites (N-methyl/N-ethyl adjacent to an activating group) is 1. The summed E-state index contributed by atoms with van der Waals surface area (Å²) in [5.74, 6) is 0.0380. The molecule has 2 N–H and O–H groups in total. The fraction of sp³-hybridized carbons (Fsp3) is 0.778.